The minimum absolute atomic E-state index is 0.0889. The van der Waals surface area contributed by atoms with E-state index in [1.165, 1.54) is 12.1 Å². The lowest BCUT2D eigenvalue weighted by Gasteiger charge is -2.34. The van der Waals surface area contributed by atoms with Crippen molar-refractivity contribution >= 4 is 5.91 Å². The molecule has 1 amide bonds. The van der Waals surface area contributed by atoms with Crippen LogP contribution in [0.4, 0.5) is 4.39 Å². The summed E-state index contributed by atoms with van der Waals surface area (Å²) in [5, 5.41) is 0. The third-order valence-corrected chi connectivity index (χ3v) is 5.24. The zero-order chi connectivity index (χ0) is 20.3. The molecule has 3 rings (SSSR count). The molecule has 1 unspecified atom stereocenters. The fraction of sp³-hybridized carbons (Fsp3) is 0.500. The van der Waals surface area contributed by atoms with Crippen LogP contribution in [0, 0.1) is 25.6 Å². The second-order valence-corrected chi connectivity index (χ2v) is 8.01. The number of carbonyl (C=O) groups excluding carboxylic acids is 1. The number of aryl methyl sites for hydroxylation is 2. The van der Waals surface area contributed by atoms with Gasteiger partial charge in [0.25, 0.3) is 0 Å². The van der Waals surface area contributed by atoms with E-state index in [1.54, 1.807) is 12.1 Å². The number of hydrogen-bond donors (Lipinski definition) is 0. The molecule has 6 heteroatoms. The number of carbonyl (C=O) groups is 1. The number of hydrogen-bond acceptors (Lipinski definition) is 4. The van der Waals surface area contributed by atoms with E-state index in [9.17, 15) is 9.18 Å². The van der Waals surface area contributed by atoms with Crippen LogP contribution in [0.15, 0.2) is 30.3 Å². The van der Waals surface area contributed by atoms with E-state index in [1.807, 2.05) is 24.8 Å². The summed E-state index contributed by atoms with van der Waals surface area (Å²) in [7, 11) is 0. The lowest BCUT2D eigenvalue weighted by Crippen LogP contribution is -2.45. The Hall–Kier alpha value is -2.34. The number of rotatable bonds is 5. The van der Waals surface area contributed by atoms with Gasteiger partial charge in [0.1, 0.15) is 11.6 Å². The fourth-order valence-electron chi connectivity index (χ4n) is 3.81. The Labute approximate surface area is 166 Å². The van der Waals surface area contributed by atoms with Crippen molar-refractivity contribution in [2.75, 3.05) is 13.1 Å². The number of aromatic nitrogens is 2. The Morgan fingerprint density at radius 3 is 2.36 bits per heavy atom. The van der Waals surface area contributed by atoms with E-state index in [0.29, 0.717) is 32.0 Å². The van der Waals surface area contributed by atoms with Crippen LogP contribution in [0.3, 0.4) is 0 Å². The summed E-state index contributed by atoms with van der Waals surface area (Å²) in [4.78, 5) is 26.3. The predicted octanol–water partition coefficient (Wildman–Crippen LogP) is 3.49. The summed E-state index contributed by atoms with van der Waals surface area (Å²) >= 11 is 0. The van der Waals surface area contributed by atoms with Crippen molar-refractivity contribution in [3.05, 3.63) is 58.9 Å². The maximum Gasteiger partial charge on any atom is 0.224 e. The minimum atomic E-state index is -0.258. The zero-order valence-electron chi connectivity index (χ0n) is 17.2. The Morgan fingerprint density at radius 2 is 1.75 bits per heavy atom. The quantitative estimate of drug-likeness (QED) is 0.792. The first kappa shape index (κ1) is 20.4. The smallest absolute Gasteiger partial charge is 0.224 e. The Kier molecular flexibility index (Phi) is 6.39. The third kappa shape index (κ3) is 5.13. The highest BCUT2D eigenvalue weighted by Crippen LogP contribution is 2.22. The molecule has 0 saturated carbocycles. The predicted molar refractivity (Wildman–Crippen MR) is 107 cm³/mol. The SMILES string of the molecule is Cc1cc(C)nc(CN2CCC(=O)N(Cc3ccc(F)cc3)C(C(C)C)C2)n1. The average Bonchev–Trinajstić information content (AvgIpc) is 2.76. The van der Waals surface area contributed by atoms with Gasteiger partial charge in [-0.1, -0.05) is 26.0 Å². The molecule has 2 heterocycles. The molecule has 1 saturated heterocycles. The largest absolute Gasteiger partial charge is 0.334 e. The summed E-state index contributed by atoms with van der Waals surface area (Å²) in [6.45, 7) is 10.9. The summed E-state index contributed by atoms with van der Waals surface area (Å²) in [6.07, 6.45) is 0.467. The van der Waals surface area contributed by atoms with Crippen molar-refractivity contribution in [2.45, 2.75) is 53.2 Å². The van der Waals surface area contributed by atoms with Crippen molar-refractivity contribution in [3.63, 3.8) is 0 Å². The lowest BCUT2D eigenvalue weighted by atomic mass is 10.0. The van der Waals surface area contributed by atoms with E-state index >= 15 is 0 Å². The lowest BCUT2D eigenvalue weighted by molar-refractivity contribution is -0.134. The van der Waals surface area contributed by atoms with Gasteiger partial charge in [0.05, 0.1) is 6.54 Å². The Bertz CT molecular complexity index is 802. The van der Waals surface area contributed by atoms with Gasteiger partial charge in [0, 0.05) is 43.5 Å². The molecule has 0 N–H and O–H groups in total. The molecule has 1 fully saturated rings. The number of benzene rings is 1. The molecule has 2 aromatic rings. The molecule has 0 radical (unpaired) electrons. The van der Waals surface area contributed by atoms with E-state index < -0.39 is 0 Å². The van der Waals surface area contributed by atoms with Gasteiger partial charge in [0.15, 0.2) is 0 Å². The minimum Gasteiger partial charge on any atom is -0.334 e. The van der Waals surface area contributed by atoms with Crippen molar-refractivity contribution in [1.29, 1.82) is 0 Å². The summed E-state index contributed by atoms with van der Waals surface area (Å²) < 4.78 is 13.2. The third-order valence-electron chi connectivity index (χ3n) is 5.24. The fourth-order valence-corrected chi connectivity index (χ4v) is 3.81. The molecule has 150 valence electrons. The van der Waals surface area contributed by atoms with Gasteiger partial charge < -0.3 is 4.90 Å². The molecule has 1 aromatic heterocycles. The molecule has 0 bridgehead atoms. The summed E-state index contributed by atoms with van der Waals surface area (Å²) in [6, 6.07) is 8.47. The first-order chi connectivity index (χ1) is 13.3. The van der Waals surface area contributed by atoms with Crippen molar-refractivity contribution in [3.8, 4) is 0 Å². The van der Waals surface area contributed by atoms with E-state index in [-0.39, 0.29) is 17.8 Å². The van der Waals surface area contributed by atoms with Crippen LogP contribution < -0.4 is 0 Å². The molecule has 0 aliphatic carbocycles. The highest BCUT2D eigenvalue weighted by Gasteiger charge is 2.32. The highest BCUT2D eigenvalue weighted by molar-refractivity contribution is 5.77. The monoisotopic (exact) mass is 384 g/mol. The van der Waals surface area contributed by atoms with Crippen LogP contribution >= 0.6 is 0 Å². The van der Waals surface area contributed by atoms with Crippen LogP contribution in [0.1, 0.15) is 43.0 Å². The van der Waals surface area contributed by atoms with Crippen molar-refractivity contribution in [1.82, 2.24) is 19.8 Å². The second-order valence-electron chi connectivity index (χ2n) is 8.01. The number of amides is 1. The number of halogens is 1. The van der Waals surface area contributed by atoms with Gasteiger partial charge in [-0.05, 0) is 43.5 Å². The van der Waals surface area contributed by atoms with Gasteiger partial charge in [0.2, 0.25) is 5.91 Å². The normalized spacial score (nSPS) is 18.6. The van der Waals surface area contributed by atoms with Gasteiger partial charge in [-0.15, -0.1) is 0 Å². The summed E-state index contributed by atoms with van der Waals surface area (Å²) in [5.74, 6) is 1.00. The Balaban J connectivity index is 1.78. The van der Waals surface area contributed by atoms with Gasteiger partial charge in [-0.25, -0.2) is 14.4 Å². The molecule has 1 aromatic carbocycles. The first-order valence-electron chi connectivity index (χ1n) is 9.89. The van der Waals surface area contributed by atoms with Gasteiger partial charge >= 0.3 is 0 Å². The average molecular weight is 384 g/mol. The molecule has 28 heavy (non-hydrogen) atoms. The van der Waals surface area contributed by atoms with Crippen molar-refractivity contribution < 1.29 is 9.18 Å². The second kappa shape index (κ2) is 8.78. The Morgan fingerprint density at radius 1 is 1.11 bits per heavy atom. The van der Waals surface area contributed by atoms with Crippen LogP contribution in [-0.2, 0) is 17.9 Å². The first-order valence-corrected chi connectivity index (χ1v) is 9.89. The van der Waals surface area contributed by atoms with E-state index in [4.69, 9.17) is 0 Å². The van der Waals surface area contributed by atoms with Gasteiger partial charge in [-0.2, -0.15) is 0 Å². The molecular weight excluding hydrogens is 355 g/mol. The van der Waals surface area contributed by atoms with Crippen LogP contribution in [-0.4, -0.2) is 44.8 Å². The number of nitrogens with zero attached hydrogens (tertiary/aromatic N) is 4. The maximum atomic E-state index is 13.2. The maximum absolute atomic E-state index is 13.2. The van der Waals surface area contributed by atoms with Crippen molar-refractivity contribution in [2.24, 2.45) is 5.92 Å². The van der Waals surface area contributed by atoms with E-state index in [0.717, 1.165) is 29.3 Å². The zero-order valence-corrected chi connectivity index (χ0v) is 17.2. The van der Waals surface area contributed by atoms with Crippen LogP contribution in [0.25, 0.3) is 0 Å². The standard InChI is InChI=1S/C22H29FN4O/c1-15(2)20-13-26(14-21-24-16(3)11-17(4)25-21)10-9-22(28)27(20)12-18-5-7-19(23)8-6-18/h5-8,11,15,20H,9-10,12-14H2,1-4H3. The molecule has 1 aliphatic rings. The van der Waals surface area contributed by atoms with Gasteiger partial charge in [-0.3, -0.25) is 9.69 Å². The van der Waals surface area contributed by atoms with E-state index in [2.05, 4.69) is 28.7 Å². The summed E-state index contributed by atoms with van der Waals surface area (Å²) in [5.41, 5.74) is 2.88. The molecular formula is C22H29FN4O. The topological polar surface area (TPSA) is 49.3 Å². The molecule has 5 nitrogen and oxygen atoms in total. The molecule has 0 spiro atoms. The molecule has 1 atom stereocenters. The highest BCUT2D eigenvalue weighted by atomic mass is 19.1. The molecule has 1 aliphatic heterocycles. The van der Waals surface area contributed by atoms with Crippen LogP contribution in [0.5, 0.6) is 0 Å². The van der Waals surface area contributed by atoms with Crippen LogP contribution in [0.2, 0.25) is 0 Å².